The first-order valence-electron chi connectivity index (χ1n) is 8.93. The van der Waals surface area contributed by atoms with E-state index >= 15 is 0 Å². The van der Waals surface area contributed by atoms with Crippen LogP contribution >= 0.6 is 0 Å². The molecule has 1 aliphatic heterocycles. The predicted molar refractivity (Wildman–Crippen MR) is 99.1 cm³/mol. The largest absolute Gasteiger partial charge is 0.381 e. The summed E-state index contributed by atoms with van der Waals surface area (Å²) >= 11 is 0. The fourth-order valence-corrected chi connectivity index (χ4v) is 3.08. The second-order valence-corrected chi connectivity index (χ2v) is 6.54. The molecule has 3 aromatic rings. The fraction of sp³-hybridized carbons (Fsp3) is 0.389. The normalized spacial score (nSPS) is 16.4. The quantitative estimate of drug-likeness (QED) is 0.556. The van der Waals surface area contributed by atoms with Gasteiger partial charge in [-0.15, -0.1) is 0 Å². The van der Waals surface area contributed by atoms with Gasteiger partial charge in [-0.2, -0.15) is 0 Å². The van der Waals surface area contributed by atoms with Crippen molar-refractivity contribution in [3.05, 3.63) is 30.7 Å². The van der Waals surface area contributed by atoms with E-state index in [0.717, 1.165) is 42.8 Å². The van der Waals surface area contributed by atoms with Crippen LogP contribution < -0.4 is 10.6 Å². The lowest BCUT2D eigenvalue weighted by Crippen LogP contribution is -2.28. The van der Waals surface area contributed by atoms with E-state index in [1.54, 1.807) is 6.20 Å². The predicted octanol–water partition coefficient (Wildman–Crippen LogP) is 3.58. The van der Waals surface area contributed by atoms with E-state index in [2.05, 4.69) is 25.3 Å². The van der Waals surface area contributed by atoms with Gasteiger partial charge in [0.25, 0.3) is 6.43 Å². The van der Waals surface area contributed by atoms with Crippen LogP contribution in [0.2, 0.25) is 0 Å². The van der Waals surface area contributed by atoms with Crippen molar-refractivity contribution >= 4 is 22.5 Å². The molecule has 4 rings (SSSR count). The second-order valence-electron chi connectivity index (χ2n) is 6.54. The third-order valence-corrected chi connectivity index (χ3v) is 4.53. The Bertz CT molecular complexity index is 944. The Morgan fingerprint density at radius 3 is 2.64 bits per heavy atom. The number of fused-ring (bicyclic) bond motifs is 1. The van der Waals surface area contributed by atoms with E-state index in [1.165, 1.54) is 12.4 Å². The summed E-state index contributed by atoms with van der Waals surface area (Å²) in [6.07, 6.45) is -0.835. The van der Waals surface area contributed by atoms with Crippen LogP contribution in [0.5, 0.6) is 0 Å². The molecule has 4 heterocycles. The van der Waals surface area contributed by atoms with E-state index in [9.17, 15) is 13.2 Å². The number of nitrogens with one attached hydrogen (secondary N) is 3. The highest BCUT2D eigenvalue weighted by Gasteiger charge is 2.19. The zero-order chi connectivity index (χ0) is 19.5. The van der Waals surface area contributed by atoms with Crippen molar-refractivity contribution in [2.24, 2.45) is 0 Å². The molecule has 0 radical (unpaired) electrons. The summed E-state index contributed by atoms with van der Waals surface area (Å²) in [7, 11) is 0. The van der Waals surface area contributed by atoms with Crippen LogP contribution in [0.3, 0.4) is 0 Å². The van der Waals surface area contributed by atoms with E-state index in [0.29, 0.717) is 17.4 Å². The van der Waals surface area contributed by atoms with Crippen LogP contribution in [0.4, 0.5) is 24.8 Å². The van der Waals surface area contributed by atoms with Crippen molar-refractivity contribution in [1.82, 2.24) is 19.9 Å². The van der Waals surface area contributed by atoms with Gasteiger partial charge in [-0.05, 0) is 18.9 Å². The molecule has 1 saturated heterocycles. The number of aromatic amines is 1. The minimum atomic E-state index is -3.14. The highest BCUT2D eigenvalue weighted by Crippen LogP contribution is 2.26. The van der Waals surface area contributed by atoms with Crippen molar-refractivity contribution in [3.63, 3.8) is 0 Å². The van der Waals surface area contributed by atoms with Gasteiger partial charge in [-0.1, -0.05) is 0 Å². The maximum absolute atomic E-state index is 13.2. The van der Waals surface area contributed by atoms with E-state index in [-0.39, 0.29) is 5.82 Å². The number of hydrogen-bond donors (Lipinski definition) is 3. The van der Waals surface area contributed by atoms with Gasteiger partial charge in [0, 0.05) is 43.0 Å². The Balaban J connectivity index is 1.54. The summed E-state index contributed by atoms with van der Waals surface area (Å²) in [6.45, 7) is 1.48. The molecule has 0 aromatic carbocycles. The highest BCUT2D eigenvalue weighted by molar-refractivity contribution is 5.86. The number of nitrogens with zero attached hydrogens (tertiary/aromatic N) is 3. The number of anilines is 2. The van der Waals surface area contributed by atoms with Gasteiger partial charge in [0.1, 0.15) is 18.0 Å². The number of pyridine rings is 1. The van der Waals surface area contributed by atoms with Gasteiger partial charge in [0.2, 0.25) is 6.30 Å². The molecule has 148 valence electrons. The van der Waals surface area contributed by atoms with Crippen molar-refractivity contribution < 1.29 is 17.9 Å². The molecule has 0 saturated carbocycles. The molecule has 1 fully saturated rings. The first kappa shape index (κ1) is 18.5. The highest BCUT2D eigenvalue weighted by atomic mass is 19.3. The fourth-order valence-electron chi connectivity index (χ4n) is 3.08. The van der Waals surface area contributed by atoms with Gasteiger partial charge < -0.3 is 20.4 Å². The molecule has 1 atom stereocenters. The maximum atomic E-state index is 13.2. The molecule has 1 unspecified atom stereocenters. The van der Waals surface area contributed by atoms with Gasteiger partial charge in [-0.25, -0.2) is 28.1 Å². The average molecular weight is 392 g/mol. The lowest BCUT2D eigenvalue weighted by molar-refractivity contribution is 0.0648. The number of alkyl halides is 3. The van der Waals surface area contributed by atoms with Crippen molar-refractivity contribution in [1.29, 1.82) is 0 Å². The summed E-state index contributed by atoms with van der Waals surface area (Å²) in [5, 5.41) is 6.30. The molecule has 0 spiro atoms. The van der Waals surface area contributed by atoms with Crippen LogP contribution in [0.25, 0.3) is 22.3 Å². The summed E-state index contributed by atoms with van der Waals surface area (Å²) in [6, 6.07) is 5.48. The molecular weight excluding hydrogens is 373 g/mol. The summed E-state index contributed by atoms with van der Waals surface area (Å²) in [5.41, 5.74) is 1.95. The molecule has 7 nitrogen and oxygen atoms in total. The minimum absolute atomic E-state index is 0.0172. The smallest absolute Gasteiger partial charge is 0.287 e. The monoisotopic (exact) mass is 392 g/mol. The van der Waals surface area contributed by atoms with Crippen LogP contribution in [0, 0.1) is 0 Å². The van der Waals surface area contributed by atoms with Crippen LogP contribution in [-0.2, 0) is 4.74 Å². The van der Waals surface area contributed by atoms with Crippen molar-refractivity contribution in [2.75, 3.05) is 23.8 Å². The number of H-pyrrole nitrogens is 1. The second kappa shape index (κ2) is 8.01. The van der Waals surface area contributed by atoms with Gasteiger partial charge in [0.05, 0.1) is 16.9 Å². The van der Waals surface area contributed by atoms with E-state index in [1.807, 2.05) is 17.4 Å². The van der Waals surface area contributed by atoms with Crippen LogP contribution in [-0.4, -0.2) is 51.9 Å². The van der Waals surface area contributed by atoms with Crippen LogP contribution in [0.1, 0.15) is 12.8 Å². The SMILES string of the molecule is FC(F)C(F)Nc1cc(-c2cc3cnc(NC4CCOCC4)cc3[nH]2)ncn1. The Hall–Kier alpha value is -2.88. The number of aromatic nitrogens is 4. The molecule has 0 aliphatic carbocycles. The van der Waals surface area contributed by atoms with E-state index < -0.39 is 12.7 Å². The lowest BCUT2D eigenvalue weighted by atomic mass is 10.1. The molecule has 0 bridgehead atoms. The summed E-state index contributed by atoms with van der Waals surface area (Å²) in [5.74, 6) is 0.742. The summed E-state index contributed by atoms with van der Waals surface area (Å²) in [4.78, 5) is 15.6. The first-order valence-corrected chi connectivity index (χ1v) is 8.93. The molecular formula is C18H19F3N6O. The Labute approximate surface area is 158 Å². The molecule has 3 aromatic heterocycles. The molecule has 3 N–H and O–H groups in total. The number of hydrogen-bond acceptors (Lipinski definition) is 6. The lowest BCUT2D eigenvalue weighted by Gasteiger charge is -2.23. The number of halogens is 3. The number of ether oxygens (including phenoxy) is 1. The van der Waals surface area contributed by atoms with Crippen molar-refractivity contribution in [2.45, 2.75) is 31.6 Å². The molecule has 1 aliphatic rings. The van der Waals surface area contributed by atoms with Gasteiger partial charge in [0.15, 0.2) is 0 Å². The molecule has 28 heavy (non-hydrogen) atoms. The standard InChI is InChI=1S/C18H19F3N6O/c19-17(20)18(21)27-16-7-13(23-9-24-16)14-5-10-8-22-15(6-12(10)26-14)25-11-1-3-28-4-2-11/h5-9,11,17-18,26H,1-4H2,(H,22,25)(H,23,24,27). The Kier molecular flexibility index (Phi) is 5.29. The Morgan fingerprint density at radius 1 is 1.04 bits per heavy atom. The van der Waals surface area contributed by atoms with Gasteiger partial charge in [-0.3, -0.25) is 0 Å². The molecule has 10 heteroatoms. The van der Waals surface area contributed by atoms with Crippen molar-refractivity contribution in [3.8, 4) is 11.4 Å². The average Bonchev–Trinajstić information content (AvgIpc) is 3.12. The first-order chi connectivity index (χ1) is 13.6. The third kappa shape index (κ3) is 4.16. The summed E-state index contributed by atoms with van der Waals surface area (Å²) < 4.78 is 43.3. The Morgan fingerprint density at radius 2 is 1.86 bits per heavy atom. The third-order valence-electron chi connectivity index (χ3n) is 4.53. The maximum Gasteiger partial charge on any atom is 0.287 e. The molecule has 0 amide bonds. The van der Waals surface area contributed by atoms with Crippen LogP contribution in [0.15, 0.2) is 30.7 Å². The number of rotatable bonds is 6. The van der Waals surface area contributed by atoms with Gasteiger partial charge >= 0.3 is 0 Å². The topological polar surface area (TPSA) is 87.8 Å². The zero-order valence-electron chi connectivity index (χ0n) is 14.8. The minimum Gasteiger partial charge on any atom is -0.381 e. The zero-order valence-corrected chi connectivity index (χ0v) is 14.8. The van der Waals surface area contributed by atoms with E-state index in [4.69, 9.17) is 4.74 Å².